The molecule has 162 valence electrons. The number of nitrogens with one attached hydrogen (secondary N) is 2. The monoisotopic (exact) mass is 444 g/mol. The first-order valence-corrected chi connectivity index (χ1v) is 11.8. The summed E-state index contributed by atoms with van der Waals surface area (Å²) in [6, 6.07) is 25.8. The van der Waals surface area contributed by atoms with Crippen molar-refractivity contribution in [2.45, 2.75) is 25.3 Å². The zero-order valence-corrected chi connectivity index (χ0v) is 18.7. The van der Waals surface area contributed by atoms with Gasteiger partial charge in [0, 0.05) is 12.1 Å². The summed E-state index contributed by atoms with van der Waals surface area (Å²) in [5.74, 6) is -0.257. The molecule has 0 spiro atoms. The van der Waals surface area contributed by atoms with Gasteiger partial charge in [-0.3, -0.25) is 9.52 Å². The Hall–Kier alpha value is -3.64. The highest BCUT2D eigenvalue weighted by Crippen LogP contribution is 2.23. The molecule has 0 aromatic heterocycles. The maximum Gasteiger partial charge on any atom is 0.261 e. The molecule has 1 amide bonds. The predicted molar refractivity (Wildman–Crippen MR) is 128 cm³/mol. The first kappa shape index (κ1) is 21.6. The molecule has 0 saturated carbocycles. The lowest BCUT2D eigenvalue weighted by molar-refractivity contribution is 0.0950. The third kappa shape index (κ3) is 4.65. The van der Waals surface area contributed by atoms with Crippen molar-refractivity contribution in [3.8, 4) is 0 Å². The second kappa shape index (κ2) is 8.85. The van der Waals surface area contributed by atoms with Crippen LogP contribution in [0.4, 0.5) is 5.69 Å². The summed E-state index contributed by atoms with van der Waals surface area (Å²) in [6.45, 7) is 4.01. The molecule has 0 fully saturated rings. The highest BCUT2D eigenvalue weighted by molar-refractivity contribution is 7.92. The maximum atomic E-state index is 12.8. The summed E-state index contributed by atoms with van der Waals surface area (Å²) in [7, 11) is -3.75. The van der Waals surface area contributed by atoms with E-state index in [0.29, 0.717) is 23.4 Å². The summed E-state index contributed by atoms with van der Waals surface area (Å²) >= 11 is 0. The molecule has 0 heterocycles. The van der Waals surface area contributed by atoms with Gasteiger partial charge in [0.15, 0.2) is 0 Å². The van der Waals surface area contributed by atoms with E-state index in [0.717, 1.165) is 21.9 Å². The molecule has 4 aromatic carbocycles. The van der Waals surface area contributed by atoms with E-state index in [-0.39, 0.29) is 10.8 Å². The van der Waals surface area contributed by atoms with E-state index in [1.807, 2.05) is 43.3 Å². The molecule has 32 heavy (non-hydrogen) atoms. The Labute approximate surface area is 188 Å². The van der Waals surface area contributed by atoms with Crippen molar-refractivity contribution in [2.75, 3.05) is 4.72 Å². The van der Waals surface area contributed by atoms with Crippen LogP contribution >= 0.6 is 0 Å². The molecule has 0 saturated heterocycles. The van der Waals surface area contributed by atoms with E-state index < -0.39 is 10.0 Å². The van der Waals surface area contributed by atoms with Crippen LogP contribution in [-0.4, -0.2) is 14.3 Å². The molecule has 6 heteroatoms. The average Bonchev–Trinajstić information content (AvgIpc) is 2.79. The topological polar surface area (TPSA) is 75.3 Å². The van der Waals surface area contributed by atoms with Gasteiger partial charge >= 0.3 is 0 Å². The molecule has 4 aromatic rings. The summed E-state index contributed by atoms with van der Waals surface area (Å²) in [5.41, 5.74) is 3.34. The molecule has 0 aliphatic heterocycles. The van der Waals surface area contributed by atoms with Crippen LogP contribution < -0.4 is 10.0 Å². The number of benzene rings is 4. The molecule has 0 radical (unpaired) electrons. The molecule has 5 nitrogen and oxygen atoms in total. The van der Waals surface area contributed by atoms with Crippen LogP contribution in [0.15, 0.2) is 89.8 Å². The number of amides is 1. The summed E-state index contributed by atoms with van der Waals surface area (Å²) in [6.07, 6.45) is 0. The molecule has 4 rings (SSSR count). The molecular formula is C26H24N2O3S. The number of rotatable bonds is 6. The zero-order chi connectivity index (χ0) is 22.7. The highest BCUT2D eigenvalue weighted by atomic mass is 32.2. The number of carbonyl (C=O) groups excluding carboxylic acids is 1. The quantitative estimate of drug-likeness (QED) is 0.430. The average molecular weight is 445 g/mol. The molecule has 0 unspecified atom stereocenters. The summed E-state index contributed by atoms with van der Waals surface area (Å²) in [5, 5.41) is 5.19. The van der Waals surface area contributed by atoms with E-state index in [1.165, 1.54) is 0 Å². The third-order valence-electron chi connectivity index (χ3n) is 5.42. The number of carbonyl (C=O) groups is 1. The normalized spacial score (nSPS) is 11.3. The molecule has 0 aliphatic carbocycles. The Bertz CT molecular complexity index is 1390. The lowest BCUT2D eigenvalue weighted by atomic mass is 10.1. The predicted octanol–water partition coefficient (Wildman–Crippen LogP) is 5.19. The minimum Gasteiger partial charge on any atom is -0.348 e. The molecule has 2 N–H and O–H groups in total. The molecule has 0 atom stereocenters. The zero-order valence-electron chi connectivity index (χ0n) is 17.9. The Kier molecular flexibility index (Phi) is 5.97. The van der Waals surface area contributed by atoms with Gasteiger partial charge in [0.05, 0.1) is 10.6 Å². The Morgan fingerprint density at radius 3 is 2.28 bits per heavy atom. The first-order valence-electron chi connectivity index (χ1n) is 10.3. The number of hydrogen-bond acceptors (Lipinski definition) is 3. The smallest absolute Gasteiger partial charge is 0.261 e. The van der Waals surface area contributed by atoms with Crippen molar-refractivity contribution in [1.82, 2.24) is 5.32 Å². The largest absolute Gasteiger partial charge is 0.348 e. The van der Waals surface area contributed by atoms with Gasteiger partial charge < -0.3 is 5.32 Å². The van der Waals surface area contributed by atoms with Gasteiger partial charge in [-0.25, -0.2) is 8.42 Å². The van der Waals surface area contributed by atoms with Crippen molar-refractivity contribution >= 4 is 32.4 Å². The SMILES string of the molecule is Cc1ccc(S(=O)(=O)Nc2cccc(C(=O)NCc3ccc4ccccc4c3)c2C)cc1. The van der Waals surface area contributed by atoms with E-state index in [1.54, 1.807) is 49.4 Å². The van der Waals surface area contributed by atoms with Crippen LogP contribution in [0.3, 0.4) is 0 Å². The second-order valence-corrected chi connectivity index (χ2v) is 9.44. The van der Waals surface area contributed by atoms with E-state index in [9.17, 15) is 13.2 Å². The first-order chi connectivity index (χ1) is 15.3. The van der Waals surface area contributed by atoms with Gasteiger partial charge in [-0.05, 0) is 66.1 Å². The fourth-order valence-electron chi connectivity index (χ4n) is 3.54. The van der Waals surface area contributed by atoms with Gasteiger partial charge in [-0.15, -0.1) is 0 Å². The second-order valence-electron chi connectivity index (χ2n) is 7.76. The Balaban J connectivity index is 1.50. The van der Waals surface area contributed by atoms with Crippen molar-refractivity contribution in [2.24, 2.45) is 0 Å². The van der Waals surface area contributed by atoms with Crippen LogP contribution in [0.5, 0.6) is 0 Å². The van der Waals surface area contributed by atoms with Crippen LogP contribution in [0, 0.1) is 13.8 Å². The minimum absolute atomic E-state index is 0.175. The van der Waals surface area contributed by atoms with Gasteiger partial charge in [-0.2, -0.15) is 0 Å². The number of aryl methyl sites for hydroxylation is 1. The number of hydrogen-bond donors (Lipinski definition) is 2. The van der Waals surface area contributed by atoms with Gasteiger partial charge in [0.1, 0.15) is 0 Å². The summed E-state index contributed by atoms with van der Waals surface area (Å²) < 4.78 is 28.1. The van der Waals surface area contributed by atoms with E-state index >= 15 is 0 Å². The lowest BCUT2D eigenvalue weighted by Gasteiger charge is -2.14. The van der Waals surface area contributed by atoms with Gasteiger partial charge in [0.25, 0.3) is 15.9 Å². The van der Waals surface area contributed by atoms with E-state index in [4.69, 9.17) is 0 Å². The fraction of sp³-hybridized carbons (Fsp3) is 0.115. The molecular weight excluding hydrogens is 420 g/mol. The Morgan fingerprint density at radius 2 is 1.53 bits per heavy atom. The summed E-state index contributed by atoms with van der Waals surface area (Å²) in [4.78, 5) is 13.0. The van der Waals surface area contributed by atoms with Crippen molar-refractivity contribution in [3.05, 3.63) is 107 Å². The van der Waals surface area contributed by atoms with Gasteiger partial charge in [0.2, 0.25) is 0 Å². The van der Waals surface area contributed by atoms with Crippen molar-refractivity contribution in [3.63, 3.8) is 0 Å². The maximum absolute atomic E-state index is 12.8. The van der Waals surface area contributed by atoms with Crippen LogP contribution in [-0.2, 0) is 16.6 Å². The standard InChI is InChI=1S/C26H24N2O3S/c1-18-10-14-23(15-11-18)32(30,31)28-25-9-5-8-24(19(25)2)26(29)27-17-20-12-13-21-6-3-4-7-22(21)16-20/h3-16,28H,17H2,1-2H3,(H,27,29). The Morgan fingerprint density at radius 1 is 0.812 bits per heavy atom. The number of anilines is 1. The minimum atomic E-state index is -3.75. The van der Waals surface area contributed by atoms with Crippen LogP contribution in [0.1, 0.15) is 27.0 Å². The van der Waals surface area contributed by atoms with Crippen molar-refractivity contribution < 1.29 is 13.2 Å². The van der Waals surface area contributed by atoms with Crippen molar-refractivity contribution in [1.29, 1.82) is 0 Å². The molecule has 0 bridgehead atoms. The highest BCUT2D eigenvalue weighted by Gasteiger charge is 2.18. The lowest BCUT2D eigenvalue weighted by Crippen LogP contribution is -2.24. The number of sulfonamides is 1. The van der Waals surface area contributed by atoms with E-state index in [2.05, 4.69) is 16.1 Å². The van der Waals surface area contributed by atoms with Crippen LogP contribution in [0.2, 0.25) is 0 Å². The molecule has 0 aliphatic rings. The third-order valence-corrected chi connectivity index (χ3v) is 6.80. The number of fused-ring (bicyclic) bond motifs is 1. The van der Waals surface area contributed by atoms with Crippen LogP contribution in [0.25, 0.3) is 10.8 Å². The fourth-order valence-corrected chi connectivity index (χ4v) is 4.66. The van der Waals surface area contributed by atoms with Gasteiger partial charge in [-0.1, -0.05) is 60.2 Å².